The lowest BCUT2D eigenvalue weighted by Crippen LogP contribution is -2.50. The van der Waals surface area contributed by atoms with Gasteiger partial charge in [0, 0.05) is 31.9 Å². The summed E-state index contributed by atoms with van der Waals surface area (Å²) in [6.45, 7) is 3.85. The number of nitrogens with zero attached hydrogens (tertiary/aromatic N) is 3. The molecule has 0 aromatic carbocycles. The number of halogens is 1. The van der Waals surface area contributed by atoms with Crippen LogP contribution in [0.5, 0.6) is 0 Å². The van der Waals surface area contributed by atoms with Gasteiger partial charge in [0.2, 0.25) is 5.91 Å². The maximum atomic E-state index is 14.5. The number of carbonyl (C=O) groups is 1. The summed E-state index contributed by atoms with van der Waals surface area (Å²) in [7, 11) is 0. The Morgan fingerprint density at radius 3 is 2.77 bits per heavy atom. The predicted octanol–water partition coefficient (Wildman–Crippen LogP) is 2.65. The molecule has 1 aliphatic carbocycles. The highest BCUT2D eigenvalue weighted by atomic mass is 19.1. The lowest BCUT2D eigenvalue weighted by molar-refractivity contribution is -0.139. The van der Waals surface area contributed by atoms with Crippen LogP contribution in [0.1, 0.15) is 50.5 Å². The molecule has 1 aromatic heterocycles. The zero-order chi connectivity index (χ0) is 18.3. The first-order valence-electron chi connectivity index (χ1n) is 9.85. The van der Waals surface area contributed by atoms with Gasteiger partial charge in [0.1, 0.15) is 0 Å². The van der Waals surface area contributed by atoms with Crippen LogP contribution in [-0.2, 0) is 4.79 Å². The summed E-state index contributed by atoms with van der Waals surface area (Å²) >= 11 is 0. The zero-order valence-corrected chi connectivity index (χ0v) is 15.5. The van der Waals surface area contributed by atoms with Crippen molar-refractivity contribution in [3.8, 4) is 0 Å². The topological polar surface area (TPSA) is 56.7 Å². The van der Waals surface area contributed by atoms with Crippen molar-refractivity contribution >= 4 is 11.7 Å². The molecule has 0 bridgehead atoms. The monoisotopic (exact) mass is 361 g/mol. The van der Waals surface area contributed by atoms with E-state index < -0.39 is 5.41 Å². The van der Waals surface area contributed by atoms with Gasteiger partial charge in [-0.15, -0.1) is 0 Å². The first kappa shape index (κ1) is 17.7. The third-order valence-electron chi connectivity index (χ3n) is 6.59. The quantitative estimate of drug-likeness (QED) is 0.880. The van der Waals surface area contributed by atoms with E-state index in [1.54, 1.807) is 19.2 Å². The van der Waals surface area contributed by atoms with Crippen LogP contribution >= 0.6 is 0 Å². The molecule has 1 spiro atoms. The summed E-state index contributed by atoms with van der Waals surface area (Å²) in [5, 5.41) is 9.73. The molecular formula is C20H28FN3O2. The largest absolute Gasteiger partial charge is 0.393 e. The van der Waals surface area contributed by atoms with E-state index in [1.165, 1.54) is 0 Å². The molecule has 1 N–H and O–H groups in total. The van der Waals surface area contributed by atoms with Gasteiger partial charge < -0.3 is 14.9 Å². The number of aliphatic hydroxyl groups is 1. The van der Waals surface area contributed by atoms with Crippen LogP contribution in [-0.4, -0.2) is 52.7 Å². The minimum atomic E-state index is -0.397. The van der Waals surface area contributed by atoms with Gasteiger partial charge in [-0.25, -0.2) is 9.37 Å². The van der Waals surface area contributed by atoms with Gasteiger partial charge >= 0.3 is 0 Å². The zero-order valence-electron chi connectivity index (χ0n) is 15.5. The fourth-order valence-corrected chi connectivity index (χ4v) is 5.00. The van der Waals surface area contributed by atoms with E-state index in [9.17, 15) is 14.3 Å². The lowest BCUT2D eigenvalue weighted by atomic mass is 9.78. The van der Waals surface area contributed by atoms with Gasteiger partial charge in [0.25, 0.3) is 0 Å². The highest BCUT2D eigenvalue weighted by molar-refractivity contribution is 5.86. The Labute approximate surface area is 154 Å². The number of piperidine rings is 1. The Bertz CT molecular complexity index is 690. The van der Waals surface area contributed by atoms with E-state index in [0.29, 0.717) is 17.9 Å². The van der Waals surface area contributed by atoms with Gasteiger partial charge in [-0.05, 0) is 63.5 Å². The van der Waals surface area contributed by atoms with Crippen molar-refractivity contribution in [1.29, 1.82) is 0 Å². The maximum Gasteiger partial charge on any atom is 0.230 e. The van der Waals surface area contributed by atoms with Crippen molar-refractivity contribution in [3.05, 3.63) is 23.6 Å². The number of hydrogen-bond donors (Lipinski definition) is 1. The molecule has 3 aliphatic rings. The normalized spacial score (nSPS) is 32.5. The van der Waals surface area contributed by atoms with Crippen LogP contribution in [0, 0.1) is 18.2 Å². The van der Waals surface area contributed by atoms with Gasteiger partial charge in [-0.1, -0.05) is 0 Å². The van der Waals surface area contributed by atoms with Crippen molar-refractivity contribution in [2.75, 3.05) is 24.5 Å². The highest BCUT2D eigenvalue weighted by Gasteiger charge is 2.51. The summed E-state index contributed by atoms with van der Waals surface area (Å²) < 4.78 is 14.5. The smallest absolute Gasteiger partial charge is 0.230 e. The number of hydrogen-bond acceptors (Lipinski definition) is 4. The molecule has 2 saturated heterocycles. The number of aliphatic hydroxyl groups excluding tert-OH is 1. The third-order valence-corrected chi connectivity index (χ3v) is 6.59. The maximum absolute atomic E-state index is 14.5. The minimum absolute atomic E-state index is 0.210. The Morgan fingerprint density at radius 1 is 1.23 bits per heavy atom. The van der Waals surface area contributed by atoms with Crippen LogP contribution < -0.4 is 4.90 Å². The Balaban J connectivity index is 1.52. The van der Waals surface area contributed by atoms with E-state index >= 15 is 0 Å². The standard InChI is InChI=1S/C20H28FN3O2/c1-14-7-10-22-18(17(14)21)23-11-2-8-20(13-23)9-12-24(19(20)26)15-3-5-16(25)6-4-15/h7,10,15-16,25H,2-6,8-9,11-13H2,1H3/t15-,16+,20?. The number of likely N-dealkylation sites (tertiary alicyclic amines) is 1. The van der Waals surface area contributed by atoms with Gasteiger partial charge in [0.15, 0.2) is 11.6 Å². The fraction of sp³-hybridized carbons (Fsp3) is 0.700. The molecule has 3 fully saturated rings. The van der Waals surface area contributed by atoms with E-state index in [1.807, 2.05) is 4.90 Å². The number of anilines is 1. The molecular weight excluding hydrogens is 333 g/mol. The molecule has 6 heteroatoms. The minimum Gasteiger partial charge on any atom is -0.393 e. The van der Waals surface area contributed by atoms with Crippen LogP contribution in [0.25, 0.3) is 0 Å². The molecule has 2 aliphatic heterocycles. The molecule has 26 heavy (non-hydrogen) atoms. The van der Waals surface area contributed by atoms with Crippen molar-refractivity contribution in [1.82, 2.24) is 9.88 Å². The van der Waals surface area contributed by atoms with Crippen LogP contribution in [0.15, 0.2) is 12.3 Å². The van der Waals surface area contributed by atoms with E-state index in [4.69, 9.17) is 0 Å². The number of carbonyl (C=O) groups excluding carboxylic acids is 1. The number of amides is 1. The highest BCUT2D eigenvalue weighted by Crippen LogP contribution is 2.43. The summed E-state index contributed by atoms with van der Waals surface area (Å²) in [4.78, 5) is 21.6. The molecule has 1 amide bonds. The molecule has 1 atom stereocenters. The third kappa shape index (κ3) is 2.98. The lowest BCUT2D eigenvalue weighted by Gasteiger charge is -2.41. The van der Waals surface area contributed by atoms with Gasteiger partial charge in [0.05, 0.1) is 11.5 Å². The van der Waals surface area contributed by atoms with Crippen molar-refractivity contribution in [2.45, 2.75) is 64.0 Å². The fourth-order valence-electron chi connectivity index (χ4n) is 5.00. The van der Waals surface area contributed by atoms with E-state index in [-0.39, 0.29) is 23.9 Å². The molecule has 1 unspecified atom stereocenters. The predicted molar refractivity (Wildman–Crippen MR) is 97.4 cm³/mol. The van der Waals surface area contributed by atoms with Gasteiger partial charge in [-0.3, -0.25) is 4.79 Å². The summed E-state index contributed by atoms with van der Waals surface area (Å²) in [5.74, 6) is 0.348. The average Bonchev–Trinajstić information content (AvgIpc) is 2.94. The first-order valence-corrected chi connectivity index (χ1v) is 9.85. The van der Waals surface area contributed by atoms with Gasteiger partial charge in [-0.2, -0.15) is 0 Å². The molecule has 3 heterocycles. The Hall–Kier alpha value is -1.69. The second-order valence-electron chi connectivity index (χ2n) is 8.28. The number of aromatic nitrogens is 1. The SMILES string of the molecule is Cc1ccnc(N2CCCC3(CCN([C@H]4CC[C@@H](O)CC4)C3=O)C2)c1F. The number of rotatable bonds is 2. The molecule has 5 nitrogen and oxygen atoms in total. The first-order chi connectivity index (χ1) is 12.5. The number of pyridine rings is 1. The average molecular weight is 361 g/mol. The summed E-state index contributed by atoms with van der Waals surface area (Å²) in [6, 6.07) is 1.94. The Morgan fingerprint density at radius 2 is 2.00 bits per heavy atom. The molecule has 1 aromatic rings. The van der Waals surface area contributed by atoms with Crippen molar-refractivity contribution in [2.24, 2.45) is 5.41 Å². The van der Waals surface area contributed by atoms with Crippen LogP contribution in [0.2, 0.25) is 0 Å². The second kappa shape index (κ2) is 6.80. The van der Waals surface area contributed by atoms with Crippen molar-refractivity contribution < 1.29 is 14.3 Å². The summed E-state index contributed by atoms with van der Waals surface area (Å²) in [5.41, 5.74) is 0.196. The van der Waals surface area contributed by atoms with E-state index in [2.05, 4.69) is 9.88 Å². The van der Waals surface area contributed by atoms with Crippen molar-refractivity contribution in [3.63, 3.8) is 0 Å². The molecule has 0 radical (unpaired) electrons. The van der Waals surface area contributed by atoms with E-state index in [0.717, 1.165) is 58.0 Å². The van der Waals surface area contributed by atoms with Crippen LogP contribution in [0.3, 0.4) is 0 Å². The second-order valence-corrected chi connectivity index (χ2v) is 8.28. The Kier molecular flexibility index (Phi) is 4.63. The molecule has 142 valence electrons. The molecule has 1 saturated carbocycles. The van der Waals surface area contributed by atoms with Crippen LogP contribution in [0.4, 0.5) is 10.2 Å². The molecule has 4 rings (SSSR count). The summed E-state index contributed by atoms with van der Waals surface area (Å²) in [6.07, 6.45) is 7.39. The number of aryl methyl sites for hydroxylation is 1.